The molecule has 7 atom stereocenters. The van der Waals surface area contributed by atoms with Gasteiger partial charge < -0.3 is 39.7 Å². The molecule has 3 aliphatic rings. The zero-order valence-corrected chi connectivity index (χ0v) is 36.5. The number of carbonyl (C=O) groups is 2. The molecule has 5 N–H and O–H groups in total. The summed E-state index contributed by atoms with van der Waals surface area (Å²) in [6.07, 6.45) is 3.03. The number of ether oxygens (including phenoxy) is 1. The lowest BCUT2D eigenvalue weighted by Gasteiger charge is -2.33. The van der Waals surface area contributed by atoms with Crippen LogP contribution in [0, 0.1) is 11.7 Å². The Labute approximate surface area is 366 Å². The Balaban J connectivity index is 0.869. The molecule has 1 aliphatic heterocycles. The Morgan fingerprint density at radius 1 is 0.918 bits per heavy atom. The highest BCUT2D eigenvalue weighted by atomic mass is 35.5. The average molecular weight is 912 g/mol. The van der Waals surface area contributed by atoms with Crippen molar-refractivity contribution < 1.29 is 57.2 Å². The minimum absolute atomic E-state index is 0.00722. The first-order chi connectivity index (χ1) is 29.2. The van der Waals surface area contributed by atoms with Gasteiger partial charge >= 0.3 is 0 Å². The summed E-state index contributed by atoms with van der Waals surface area (Å²) in [6.45, 7) is 0.0617. The summed E-state index contributed by atoms with van der Waals surface area (Å²) in [4.78, 5) is 27.1. The molecule has 17 heteroatoms. The first kappa shape index (κ1) is 47.5. The summed E-state index contributed by atoms with van der Waals surface area (Å²) in [5.74, 6) is -1.37. The summed E-state index contributed by atoms with van der Waals surface area (Å²) in [7, 11) is -3.68. The van der Waals surface area contributed by atoms with E-state index in [0.717, 1.165) is 75.2 Å². The van der Waals surface area contributed by atoms with Crippen molar-refractivity contribution >= 4 is 50.3 Å². The van der Waals surface area contributed by atoms with Gasteiger partial charge in [-0.05, 0) is 68.9 Å². The molecule has 0 radical (unpaired) electrons. The van der Waals surface area contributed by atoms with Crippen molar-refractivity contribution in [1.29, 1.82) is 0 Å². The molecule has 3 aromatic rings. The number of piperidine rings is 1. The summed E-state index contributed by atoms with van der Waals surface area (Å²) < 4.78 is 53.4. The Morgan fingerprint density at radius 3 is 2.18 bits per heavy atom. The van der Waals surface area contributed by atoms with E-state index in [1.165, 1.54) is 6.07 Å². The van der Waals surface area contributed by atoms with Crippen molar-refractivity contribution in [1.82, 2.24) is 5.16 Å². The smallest absolute Gasteiger partial charge is 0.177 e. The van der Waals surface area contributed by atoms with Gasteiger partial charge in [-0.2, -0.15) is 0 Å². The zero-order valence-electron chi connectivity index (χ0n) is 34.1. The summed E-state index contributed by atoms with van der Waals surface area (Å²) in [5, 5.41) is 53.0. The first-order valence-electron chi connectivity index (χ1n) is 21.4. The lowest BCUT2D eigenvalue weighted by molar-refractivity contribution is -0.147. The molecule has 0 spiro atoms. The third-order valence-corrected chi connectivity index (χ3v) is 14.5. The van der Waals surface area contributed by atoms with Crippen LogP contribution in [0.2, 0.25) is 10.0 Å². The molecule has 2 saturated carbocycles. The maximum atomic E-state index is 15.6. The van der Waals surface area contributed by atoms with Crippen molar-refractivity contribution in [2.45, 2.75) is 139 Å². The molecule has 1 saturated heterocycles. The number of ketones is 2. The van der Waals surface area contributed by atoms with E-state index in [1.54, 1.807) is 24.3 Å². The number of aliphatic hydroxyl groups excluding tert-OH is 5. The van der Waals surface area contributed by atoms with Crippen LogP contribution in [0.15, 0.2) is 40.9 Å². The van der Waals surface area contributed by atoms with Gasteiger partial charge in [0.25, 0.3) is 0 Å². The van der Waals surface area contributed by atoms with E-state index < -0.39 is 64.0 Å². The second kappa shape index (κ2) is 21.6. The predicted octanol–water partition coefficient (Wildman–Crippen LogP) is 6.35. The van der Waals surface area contributed by atoms with Crippen LogP contribution in [0.1, 0.15) is 117 Å². The maximum absolute atomic E-state index is 15.6. The highest BCUT2D eigenvalue weighted by Gasteiger charge is 2.46. The third kappa shape index (κ3) is 12.2. The molecule has 2 bridgehead atoms. The van der Waals surface area contributed by atoms with Gasteiger partial charge in [0.15, 0.2) is 21.4 Å². The Kier molecular flexibility index (Phi) is 16.8. The number of anilines is 1. The number of unbranched alkanes of at least 4 members (excludes halogenated alkanes) is 8. The van der Waals surface area contributed by atoms with Crippen LogP contribution in [-0.2, 0) is 26.0 Å². The molecule has 1 aromatic heterocycles. The number of hydrogen-bond acceptors (Lipinski definition) is 13. The Bertz CT molecular complexity index is 2060. The molecular formula is C44H57Cl2FN2O11S. The average Bonchev–Trinajstić information content (AvgIpc) is 3.69. The number of sulfone groups is 1. The van der Waals surface area contributed by atoms with Gasteiger partial charge in [-0.15, -0.1) is 0 Å². The van der Waals surface area contributed by atoms with Gasteiger partial charge in [0.05, 0.1) is 40.8 Å². The van der Waals surface area contributed by atoms with Crippen molar-refractivity contribution in [2.75, 3.05) is 29.6 Å². The fourth-order valence-electron chi connectivity index (χ4n) is 8.63. The minimum atomic E-state index is -3.68. The SMILES string of the molecule is O=C(CS(=O)(=O)CCCCCCCCCCCC(=O)[C@H](O)[C@@H](O)[C@H](O)[C@H](O)CO)c1ccc(N2C[C@@H]3C[C@H]2C[C@H]3OCc2c(-c3c(Cl)cccc3Cl)noc2C2CC2)c(F)c1. The molecule has 0 unspecified atom stereocenters. The minimum Gasteiger partial charge on any atom is -0.394 e. The second-order valence-corrected chi connectivity index (χ2v) is 19.9. The molecule has 13 nitrogen and oxygen atoms in total. The van der Waals surface area contributed by atoms with Crippen LogP contribution >= 0.6 is 23.2 Å². The van der Waals surface area contributed by atoms with E-state index in [2.05, 4.69) is 5.16 Å². The molecule has 2 aromatic carbocycles. The number of Topliss-reactive ketones (excluding diaryl/α,β-unsaturated/α-hetero) is 2. The number of rotatable bonds is 26. The van der Waals surface area contributed by atoms with Gasteiger partial charge in [0.1, 0.15) is 47.4 Å². The highest BCUT2D eigenvalue weighted by molar-refractivity contribution is 7.92. The third-order valence-electron chi connectivity index (χ3n) is 12.3. The van der Waals surface area contributed by atoms with Crippen molar-refractivity contribution in [3.05, 3.63) is 69.1 Å². The molecule has 61 heavy (non-hydrogen) atoms. The van der Waals surface area contributed by atoms with Crippen LogP contribution < -0.4 is 4.90 Å². The Morgan fingerprint density at radius 2 is 1.57 bits per heavy atom. The number of aromatic nitrogens is 1. The normalized spacial score (nSPS) is 20.9. The monoisotopic (exact) mass is 910 g/mol. The van der Waals surface area contributed by atoms with Gasteiger partial charge in [-0.25, -0.2) is 12.8 Å². The van der Waals surface area contributed by atoms with Gasteiger partial charge in [-0.1, -0.05) is 79.4 Å². The molecule has 0 amide bonds. The van der Waals surface area contributed by atoms with Crippen LogP contribution in [0.5, 0.6) is 0 Å². The van der Waals surface area contributed by atoms with Crippen LogP contribution in [0.3, 0.4) is 0 Å². The van der Waals surface area contributed by atoms with Gasteiger partial charge in [0, 0.05) is 47.5 Å². The second-order valence-electron chi connectivity index (χ2n) is 16.9. The van der Waals surface area contributed by atoms with Gasteiger partial charge in [0.2, 0.25) is 0 Å². The summed E-state index contributed by atoms with van der Waals surface area (Å²) in [5.41, 5.74) is 2.49. The lowest BCUT2D eigenvalue weighted by atomic mass is 9.97. The molecule has 2 aliphatic carbocycles. The largest absolute Gasteiger partial charge is 0.394 e. The zero-order chi connectivity index (χ0) is 43.8. The Hall–Kier alpha value is -2.99. The standard InChI is InChI=1S/C44H57Cl2FN2O11S/c45-31-11-10-12-32(46)39(31)40-30(44(60-48-40)26-14-15-26)24-59-38-21-29-19-28(38)22-49(29)34-17-16-27(20-33(34)47)37(53)25-61(57,58)18-9-7-5-3-1-2-4-6-8-13-35(51)41(54)43(56)42(55)36(52)23-50/h10-12,16-17,20,26,28-29,36,38,41-43,50,52,54-56H,1-9,13-15,18-19,21-25H2/t28-,29-,36+,38+,41-,42+,43+/m0/s1. The van der Waals surface area contributed by atoms with Crippen molar-refractivity contribution in [3.8, 4) is 11.3 Å². The highest BCUT2D eigenvalue weighted by Crippen LogP contribution is 2.47. The number of hydrogen-bond donors (Lipinski definition) is 5. The van der Waals surface area contributed by atoms with E-state index in [0.29, 0.717) is 71.7 Å². The van der Waals surface area contributed by atoms with Gasteiger partial charge in [-0.3, -0.25) is 9.59 Å². The van der Waals surface area contributed by atoms with Crippen LogP contribution in [0.25, 0.3) is 11.3 Å². The van der Waals surface area contributed by atoms with Crippen molar-refractivity contribution in [3.63, 3.8) is 0 Å². The van der Waals surface area contributed by atoms with Crippen LogP contribution in [-0.4, -0.2) is 112 Å². The molecule has 2 heterocycles. The number of halogens is 3. The quantitative estimate of drug-likeness (QED) is 0.0440. The predicted molar refractivity (Wildman–Crippen MR) is 228 cm³/mol. The van der Waals surface area contributed by atoms with E-state index in [1.807, 2.05) is 4.90 Å². The number of nitrogens with zero attached hydrogens (tertiary/aromatic N) is 2. The fraction of sp³-hybridized carbons (Fsp3) is 0.614. The van der Waals surface area contributed by atoms with Crippen molar-refractivity contribution in [2.24, 2.45) is 5.92 Å². The molecule has 6 rings (SSSR count). The number of aliphatic hydroxyl groups is 5. The fourth-order valence-corrected chi connectivity index (χ4v) is 10.6. The lowest BCUT2D eigenvalue weighted by Crippen LogP contribution is -2.48. The molecule has 3 fully saturated rings. The van der Waals surface area contributed by atoms with E-state index in [-0.39, 0.29) is 35.8 Å². The number of fused-ring (bicyclic) bond motifs is 2. The van der Waals surface area contributed by atoms with E-state index in [9.17, 15) is 38.4 Å². The number of benzene rings is 2. The molecular weight excluding hydrogens is 854 g/mol. The topological polar surface area (TPSA) is 208 Å². The van der Waals surface area contributed by atoms with E-state index >= 15 is 4.39 Å². The molecule has 336 valence electrons. The van der Waals surface area contributed by atoms with E-state index in [4.69, 9.17) is 37.6 Å². The summed E-state index contributed by atoms with van der Waals surface area (Å²) >= 11 is 13.0. The first-order valence-corrected chi connectivity index (χ1v) is 24.0. The summed E-state index contributed by atoms with van der Waals surface area (Å²) in [6, 6.07) is 9.58. The van der Waals surface area contributed by atoms with Crippen LogP contribution in [0.4, 0.5) is 10.1 Å². The number of carbonyl (C=O) groups excluding carboxylic acids is 2. The maximum Gasteiger partial charge on any atom is 0.177 e.